The van der Waals surface area contributed by atoms with Gasteiger partial charge in [0, 0.05) is 43.5 Å². The molecular weight excluding hydrogens is 214 g/mol. The van der Waals surface area contributed by atoms with Gasteiger partial charge in [0.15, 0.2) is 5.78 Å². The van der Waals surface area contributed by atoms with E-state index in [0.29, 0.717) is 24.1 Å². The van der Waals surface area contributed by atoms with Gasteiger partial charge in [-0.25, -0.2) is 4.98 Å². The number of rotatable bonds is 4. The summed E-state index contributed by atoms with van der Waals surface area (Å²) >= 11 is 0. The molecule has 0 amide bonds. The molecule has 0 radical (unpaired) electrons. The number of imidazole rings is 1. The quantitative estimate of drug-likeness (QED) is 0.642. The van der Waals surface area contributed by atoms with Crippen LogP contribution in [0.25, 0.3) is 0 Å². The number of carbonyl (C=O) groups is 1. The van der Waals surface area contributed by atoms with Crippen molar-refractivity contribution in [2.24, 2.45) is 7.05 Å². The number of nitrogen functional groups attached to an aromatic ring is 1. The Morgan fingerprint density at radius 2 is 2.18 bits per heavy atom. The van der Waals surface area contributed by atoms with Gasteiger partial charge >= 0.3 is 0 Å². The van der Waals surface area contributed by atoms with Gasteiger partial charge in [-0.1, -0.05) is 12.1 Å². The Bertz CT molecular complexity index is 531. The average Bonchev–Trinajstić information content (AvgIpc) is 2.72. The summed E-state index contributed by atoms with van der Waals surface area (Å²) in [6, 6.07) is 7.15. The predicted molar refractivity (Wildman–Crippen MR) is 66.7 cm³/mol. The highest BCUT2D eigenvalue weighted by Gasteiger charge is 2.10. The summed E-state index contributed by atoms with van der Waals surface area (Å²) in [5.74, 6) is 0.971. The SMILES string of the molecule is Cn1ccnc1CCC(=O)c1ccccc1N. The molecule has 0 saturated heterocycles. The second-order valence-electron chi connectivity index (χ2n) is 3.96. The van der Waals surface area contributed by atoms with Crippen LogP contribution in [0.5, 0.6) is 0 Å². The van der Waals surface area contributed by atoms with Crippen molar-refractivity contribution < 1.29 is 4.79 Å². The molecule has 0 fully saturated rings. The molecule has 2 N–H and O–H groups in total. The summed E-state index contributed by atoms with van der Waals surface area (Å²) in [7, 11) is 1.92. The highest BCUT2D eigenvalue weighted by molar-refractivity contribution is 6.00. The summed E-state index contributed by atoms with van der Waals surface area (Å²) in [6.07, 6.45) is 4.67. The molecule has 0 atom stereocenters. The molecule has 4 heteroatoms. The van der Waals surface area contributed by atoms with Gasteiger partial charge in [-0.3, -0.25) is 4.79 Å². The number of carbonyl (C=O) groups excluding carboxylic acids is 1. The Balaban J connectivity index is 2.04. The third-order valence-corrected chi connectivity index (χ3v) is 2.76. The minimum atomic E-state index is 0.0612. The smallest absolute Gasteiger partial charge is 0.165 e. The lowest BCUT2D eigenvalue weighted by Gasteiger charge is -2.04. The fourth-order valence-corrected chi connectivity index (χ4v) is 1.75. The number of para-hydroxylation sites is 1. The summed E-state index contributed by atoms with van der Waals surface area (Å²) in [5, 5.41) is 0. The number of Topliss-reactive ketones (excluding diaryl/α,β-unsaturated/α-hetero) is 1. The number of benzene rings is 1. The van der Waals surface area contributed by atoms with Gasteiger partial charge < -0.3 is 10.3 Å². The fraction of sp³-hybridized carbons (Fsp3) is 0.231. The van der Waals surface area contributed by atoms with Crippen LogP contribution in [0.4, 0.5) is 5.69 Å². The van der Waals surface area contributed by atoms with Crippen LogP contribution in [0.1, 0.15) is 22.6 Å². The fourth-order valence-electron chi connectivity index (χ4n) is 1.75. The lowest BCUT2D eigenvalue weighted by atomic mass is 10.0. The number of ketones is 1. The number of hydrogen-bond donors (Lipinski definition) is 1. The van der Waals surface area contributed by atoms with Crippen LogP contribution in [-0.4, -0.2) is 15.3 Å². The van der Waals surface area contributed by atoms with Gasteiger partial charge in [0.1, 0.15) is 5.82 Å². The molecule has 88 valence electrons. The Labute approximate surface area is 100 Å². The highest BCUT2D eigenvalue weighted by atomic mass is 16.1. The summed E-state index contributed by atoms with van der Waals surface area (Å²) in [6.45, 7) is 0. The zero-order valence-electron chi connectivity index (χ0n) is 9.76. The topological polar surface area (TPSA) is 60.9 Å². The van der Waals surface area contributed by atoms with Crippen LogP contribution in [0.15, 0.2) is 36.7 Å². The third-order valence-electron chi connectivity index (χ3n) is 2.76. The van der Waals surface area contributed by atoms with Crippen molar-refractivity contribution >= 4 is 11.5 Å². The maximum Gasteiger partial charge on any atom is 0.165 e. The van der Waals surface area contributed by atoms with Crippen molar-refractivity contribution in [3.05, 3.63) is 48.0 Å². The molecule has 1 aromatic carbocycles. The Hall–Kier alpha value is -2.10. The first kappa shape index (κ1) is 11.4. The van der Waals surface area contributed by atoms with Crippen LogP contribution in [0.3, 0.4) is 0 Å². The van der Waals surface area contributed by atoms with E-state index in [1.807, 2.05) is 29.9 Å². The van der Waals surface area contributed by atoms with Crippen LogP contribution in [0.2, 0.25) is 0 Å². The van der Waals surface area contributed by atoms with Crippen LogP contribution >= 0.6 is 0 Å². The largest absolute Gasteiger partial charge is 0.398 e. The summed E-state index contributed by atoms with van der Waals surface area (Å²) in [5.41, 5.74) is 6.90. The first-order valence-electron chi connectivity index (χ1n) is 5.52. The van der Waals surface area contributed by atoms with E-state index in [9.17, 15) is 4.79 Å². The van der Waals surface area contributed by atoms with Crippen LogP contribution < -0.4 is 5.73 Å². The molecule has 2 aromatic rings. The Morgan fingerprint density at radius 1 is 1.41 bits per heavy atom. The van der Waals surface area contributed by atoms with Gasteiger partial charge in [-0.2, -0.15) is 0 Å². The summed E-state index contributed by atoms with van der Waals surface area (Å²) < 4.78 is 1.92. The van der Waals surface area contributed by atoms with E-state index in [1.54, 1.807) is 18.3 Å². The second-order valence-corrected chi connectivity index (χ2v) is 3.96. The van der Waals surface area contributed by atoms with Gasteiger partial charge in [-0.05, 0) is 12.1 Å². The first-order valence-corrected chi connectivity index (χ1v) is 5.52. The van der Waals surface area contributed by atoms with Crippen molar-refractivity contribution in [1.82, 2.24) is 9.55 Å². The zero-order valence-corrected chi connectivity index (χ0v) is 9.76. The number of anilines is 1. The van der Waals surface area contributed by atoms with Crippen molar-refractivity contribution in [3.8, 4) is 0 Å². The van der Waals surface area contributed by atoms with E-state index in [1.165, 1.54) is 0 Å². The van der Waals surface area contributed by atoms with Crippen LogP contribution in [0, 0.1) is 0 Å². The molecule has 0 aliphatic rings. The molecule has 0 unspecified atom stereocenters. The maximum absolute atomic E-state index is 12.0. The van der Waals surface area contributed by atoms with Crippen molar-refractivity contribution in [1.29, 1.82) is 0 Å². The maximum atomic E-state index is 12.0. The molecule has 0 bridgehead atoms. The Morgan fingerprint density at radius 3 is 2.82 bits per heavy atom. The van der Waals surface area contributed by atoms with Crippen molar-refractivity contribution in [3.63, 3.8) is 0 Å². The van der Waals surface area contributed by atoms with Gasteiger partial charge in [-0.15, -0.1) is 0 Å². The molecule has 0 aliphatic heterocycles. The number of aromatic nitrogens is 2. The molecule has 17 heavy (non-hydrogen) atoms. The number of aryl methyl sites for hydroxylation is 2. The van der Waals surface area contributed by atoms with Gasteiger partial charge in [0.25, 0.3) is 0 Å². The van der Waals surface area contributed by atoms with Crippen molar-refractivity contribution in [2.75, 3.05) is 5.73 Å². The minimum absolute atomic E-state index is 0.0612. The Kier molecular flexibility index (Phi) is 3.23. The summed E-state index contributed by atoms with van der Waals surface area (Å²) in [4.78, 5) is 16.1. The van der Waals surface area contributed by atoms with E-state index >= 15 is 0 Å². The molecule has 0 spiro atoms. The lowest BCUT2D eigenvalue weighted by Crippen LogP contribution is -2.07. The van der Waals surface area contributed by atoms with Crippen molar-refractivity contribution in [2.45, 2.75) is 12.8 Å². The molecular formula is C13H15N3O. The molecule has 0 aliphatic carbocycles. The first-order chi connectivity index (χ1) is 8.18. The van der Waals surface area contributed by atoms with Crippen LogP contribution in [-0.2, 0) is 13.5 Å². The highest BCUT2D eigenvalue weighted by Crippen LogP contribution is 2.14. The van der Waals surface area contributed by atoms with E-state index in [-0.39, 0.29) is 5.78 Å². The predicted octanol–water partition coefficient (Wildman–Crippen LogP) is 1.82. The van der Waals surface area contributed by atoms with Gasteiger partial charge in [0.2, 0.25) is 0 Å². The van der Waals surface area contributed by atoms with Gasteiger partial charge in [0.05, 0.1) is 0 Å². The third kappa shape index (κ3) is 2.53. The normalized spacial score (nSPS) is 10.4. The minimum Gasteiger partial charge on any atom is -0.398 e. The number of nitrogens with zero attached hydrogens (tertiary/aromatic N) is 2. The monoisotopic (exact) mass is 229 g/mol. The van der Waals surface area contributed by atoms with E-state index < -0.39 is 0 Å². The molecule has 4 nitrogen and oxygen atoms in total. The molecule has 1 aromatic heterocycles. The van der Waals surface area contributed by atoms with E-state index in [2.05, 4.69) is 4.98 Å². The molecule has 2 rings (SSSR count). The number of hydrogen-bond acceptors (Lipinski definition) is 3. The zero-order chi connectivity index (χ0) is 12.3. The number of nitrogens with two attached hydrogens (primary N) is 1. The lowest BCUT2D eigenvalue weighted by molar-refractivity contribution is 0.0983. The van der Waals surface area contributed by atoms with E-state index in [0.717, 1.165) is 5.82 Å². The second kappa shape index (κ2) is 4.82. The standard InChI is InChI=1S/C13H15N3O/c1-16-9-8-15-13(16)7-6-12(17)10-4-2-3-5-11(10)14/h2-5,8-9H,6-7,14H2,1H3. The molecule has 1 heterocycles. The molecule has 0 saturated carbocycles. The average molecular weight is 229 g/mol. The van der Waals surface area contributed by atoms with E-state index in [4.69, 9.17) is 5.73 Å².